The fraction of sp³-hybridized carbons (Fsp3) is 0.455. The standard InChI is InChI=1S/C11H16ClFN2O2S/c1-7-4-11(9(12)5-10(7)13)18(16,17)15-6-8(2)14-3/h4-5,8,14-15H,6H2,1-3H3. The molecule has 0 aliphatic carbocycles. The van der Waals surface area contributed by atoms with Crippen LogP contribution in [0.25, 0.3) is 0 Å². The van der Waals surface area contributed by atoms with Crippen LogP contribution in [0.1, 0.15) is 12.5 Å². The third-order valence-electron chi connectivity index (χ3n) is 2.58. The highest BCUT2D eigenvalue weighted by Gasteiger charge is 2.20. The number of benzene rings is 1. The normalized spacial score (nSPS) is 13.6. The molecule has 2 N–H and O–H groups in total. The van der Waals surface area contributed by atoms with E-state index in [1.54, 1.807) is 7.05 Å². The minimum absolute atomic E-state index is 0.0138. The number of sulfonamides is 1. The molecule has 1 unspecified atom stereocenters. The summed E-state index contributed by atoms with van der Waals surface area (Å²) in [6.07, 6.45) is 0. The maximum absolute atomic E-state index is 13.2. The summed E-state index contributed by atoms with van der Waals surface area (Å²) < 4.78 is 39.6. The Bertz CT molecular complexity index is 534. The van der Waals surface area contributed by atoms with E-state index in [9.17, 15) is 12.8 Å². The van der Waals surface area contributed by atoms with E-state index in [0.717, 1.165) is 6.07 Å². The van der Waals surface area contributed by atoms with Crippen molar-refractivity contribution in [3.63, 3.8) is 0 Å². The SMILES string of the molecule is CNC(C)CNS(=O)(=O)c1cc(C)c(F)cc1Cl. The minimum Gasteiger partial charge on any atom is -0.316 e. The predicted molar refractivity (Wildman–Crippen MR) is 69.9 cm³/mol. The molecule has 0 radical (unpaired) electrons. The van der Waals surface area contributed by atoms with Gasteiger partial charge >= 0.3 is 0 Å². The van der Waals surface area contributed by atoms with Gasteiger partial charge in [0.2, 0.25) is 10.0 Å². The Morgan fingerprint density at radius 3 is 2.61 bits per heavy atom. The lowest BCUT2D eigenvalue weighted by Crippen LogP contribution is -2.37. The first-order valence-electron chi connectivity index (χ1n) is 5.40. The van der Waals surface area contributed by atoms with E-state index < -0.39 is 15.8 Å². The molecule has 4 nitrogen and oxygen atoms in total. The number of halogens is 2. The molecule has 0 heterocycles. The minimum atomic E-state index is -3.72. The van der Waals surface area contributed by atoms with Crippen molar-refractivity contribution in [3.05, 3.63) is 28.5 Å². The lowest BCUT2D eigenvalue weighted by atomic mass is 10.2. The zero-order valence-electron chi connectivity index (χ0n) is 10.4. The van der Waals surface area contributed by atoms with Crippen LogP contribution in [0.15, 0.2) is 17.0 Å². The first kappa shape index (κ1) is 15.4. The van der Waals surface area contributed by atoms with Crippen molar-refractivity contribution < 1.29 is 12.8 Å². The second-order valence-corrected chi connectivity index (χ2v) is 6.22. The molecule has 0 saturated carbocycles. The number of rotatable bonds is 5. The van der Waals surface area contributed by atoms with Gasteiger partial charge in [0.05, 0.1) is 5.02 Å². The first-order chi connectivity index (χ1) is 8.27. The van der Waals surface area contributed by atoms with Crippen molar-refractivity contribution in [2.45, 2.75) is 24.8 Å². The molecular formula is C11H16ClFN2O2S. The van der Waals surface area contributed by atoms with Crippen LogP contribution in [0.4, 0.5) is 4.39 Å². The number of hydrogen-bond acceptors (Lipinski definition) is 3. The van der Waals surface area contributed by atoms with Gasteiger partial charge in [-0.1, -0.05) is 11.6 Å². The van der Waals surface area contributed by atoms with Crippen LogP contribution in [-0.4, -0.2) is 28.1 Å². The maximum atomic E-state index is 13.2. The van der Waals surface area contributed by atoms with Crippen molar-refractivity contribution >= 4 is 21.6 Å². The Kier molecular flexibility index (Phi) is 5.10. The Morgan fingerprint density at radius 1 is 1.44 bits per heavy atom. The highest BCUT2D eigenvalue weighted by Crippen LogP contribution is 2.24. The van der Waals surface area contributed by atoms with E-state index in [4.69, 9.17) is 11.6 Å². The van der Waals surface area contributed by atoms with Gasteiger partial charge in [-0.3, -0.25) is 0 Å². The van der Waals surface area contributed by atoms with Crippen molar-refractivity contribution in [2.24, 2.45) is 0 Å². The second kappa shape index (κ2) is 5.97. The number of nitrogens with one attached hydrogen (secondary N) is 2. The van der Waals surface area contributed by atoms with Gasteiger partial charge in [-0.2, -0.15) is 0 Å². The van der Waals surface area contributed by atoms with Gasteiger partial charge < -0.3 is 5.32 Å². The number of aryl methyl sites for hydroxylation is 1. The van der Waals surface area contributed by atoms with E-state index in [-0.39, 0.29) is 28.1 Å². The summed E-state index contributed by atoms with van der Waals surface area (Å²) in [7, 11) is -1.99. The molecule has 102 valence electrons. The van der Waals surface area contributed by atoms with Gasteiger partial charge in [0.15, 0.2) is 0 Å². The van der Waals surface area contributed by atoms with E-state index in [1.807, 2.05) is 6.92 Å². The molecule has 0 aliphatic heterocycles. The number of likely N-dealkylation sites (N-methyl/N-ethyl adjacent to an activating group) is 1. The summed E-state index contributed by atoms with van der Waals surface area (Å²) in [5, 5.41) is 2.78. The summed E-state index contributed by atoms with van der Waals surface area (Å²) in [4.78, 5) is -0.105. The van der Waals surface area contributed by atoms with Crippen LogP contribution in [-0.2, 0) is 10.0 Å². The van der Waals surface area contributed by atoms with Crippen LogP contribution in [0.2, 0.25) is 5.02 Å². The van der Waals surface area contributed by atoms with Crippen molar-refractivity contribution in [3.8, 4) is 0 Å². The van der Waals surface area contributed by atoms with Crippen molar-refractivity contribution in [2.75, 3.05) is 13.6 Å². The summed E-state index contributed by atoms with van der Waals surface area (Å²) in [5.41, 5.74) is 0.237. The van der Waals surface area contributed by atoms with Crippen LogP contribution in [0.5, 0.6) is 0 Å². The second-order valence-electron chi connectivity index (χ2n) is 4.07. The summed E-state index contributed by atoms with van der Waals surface area (Å²) in [6.45, 7) is 3.55. The molecule has 1 atom stereocenters. The molecule has 7 heteroatoms. The quantitative estimate of drug-likeness (QED) is 0.868. The van der Waals surface area contributed by atoms with Gasteiger partial charge in [-0.15, -0.1) is 0 Å². The van der Waals surface area contributed by atoms with Crippen LogP contribution < -0.4 is 10.0 Å². The molecule has 1 aromatic rings. The molecule has 1 rings (SSSR count). The largest absolute Gasteiger partial charge is 0.316 e. The zero-order chi connectivity index (χ0) is 13.9. The monoisotopic (exact) mass is 294 g/mol. The van der Waals surface area contributed by atoms with E-state index in [2.05, 4.69) is 10.0 Å². The summed E-state index contributed by atoms with van der Waals surface area (Å²) in [5.74, 6) is -0.525. The highest BCUT2D eigenvalue weighted by molar-refractivity contribution is 7.89. The predicted octanol–water partition coefficient (Wildman–Crippen LogP) is 1.67. The Balaban J connectivity index is 3.02. The average molecular weight is 295 g/mol. The molecule has 0 aromatic heterocycles. The lowest BCUT2D eigenvalue weighted by molar-refractivity contribution is 0.553. The highest BCUT2D eigenvalue weighted by atomic mass is 35.5. The topological polar surface area (TPSA) is 58.2 Å². The van der Waals surface area contributed by atoms with Gasteiger partial charge in [-0.05, 0) is 38.6 Å². The fourth-order valence-electron chi connectivity index (χ4n) is 1.25. The van der Waals surface area contributed by atoms with Gasteiger partial charge in [0, 0.05) is 12.6 Å². The van der Waals surface area contributed by atoms with Crippen LogP contribution >= 0.6 is 11.6 Å². The Morgan fingerprint density at radius 2 is 2.06 bits per heavy atom. The molecule has 18 heavy (non-hydrogen) atoms. The molecule has 0 fully saturated rings. The zero-order valence-corrected chi connectivity index (χ0v) is 12.0. The van der Waals surface area contributed by atoms with E-state index >= 15 is 0 Å². The Labute approximate surface area is 112 Å². The smallest absolute Gasteiger partial charge is 0.242 e. The fourth-order valence-corrected chi connectivity index (χ4v) is 2.98. The third-order valence-corrected chi connectivity index (χ3v) is 4.46. The van der Waals surface area contributed by atoms with Crippen molar-refractivity contribution in [1.82, 2.24) is 10.0 Å². The summed E-state index contributed by atoms with van der Waals surface area (Å²) in [6, 6.07) is 2.22. The third kappa shape index (κ3) is 3.65. The molecule has 0 aliphatic rings. The van der Waals surface area contributed by atoms with Crippen LogP contribution in [0.3, 0.4) is 0 Å². The first-order valence-corrected chi connectivity index (χ1v) is 7.26. The van der Waals surface area contributed by atoms with Crippen molar-refractivity contribution in [1.29, 1.82) is 0 Å². The maximum Gasteiger partial charge on any atom is 0.242 e. The average Bonchev–Trinajstić information content (AvgIpc) is 2.30. The molecular weight excluding hydrogens is 279 g/mol. The van der Waals surface area contributed by atoms with E-state index in [0.29, 0.717) is 0 Å². The Hall–Kier alpha value is -0.690. The molecule has 0 saturated heterocycles. The molecule has 0 spiro atoms. The van der Waals surface area contributed by atoms with Gasteiger partial charge in [-0.25, -0.2) is 17.5 Å². The van der Waals surface area contributed by atoms with Gasteiger partial charge in [0.25, 0.3) is 0 Å². The summed E-state index contributed by atoms with van der Waals surface area (Å²) >= 11 is 5.76. The van der Waals surface area contributed by atoms with Gasteiger partial charge in [0.1, 0.15) is 10.7 Å². The molecule has 0 bridgehead atoms. The number of hydrogen-bond donors (Lipinski definition) is 2. The van der Waals surface area contributed by atoms with E-state index in [1.165, 1.54) is 13.0 Å². The van der Waals surface area contributed by atoms with Crippen LogP contribution in [0, 0.1) is 12.7 Å². The molecule has 1 aromatic carbocycles. The molecule has 0 amide bonds. The lowest BCUT2D eigenvalue weighted by Gasteiger charge is -2.13.